The molecule has 0 aromatic heterocycles. The first-order valence-electron chi connectivity index (χ1n) is 8.69. The van der Waals surface area contributed by atoms with E-state index in [1.165, 1.54) is 50.6 Å². The van der Waals surface area contributed by atoms with Gasteiger partial charge in [-0.15, -0.1) is 0 Å². The molecule has 0 saturated heterocycles. The average molecular weight is 271 g/mol. The van der Waals surface area contributed by atoms with Crippen LogP contribution in [0.15, 0.2) is 23.9 Å². The van der Waals surface area contributed by atoms with Crippen LogP contribution in [0.4, 0.5) is 0 Å². The number of nitrogens with two attached hydrogens (primary N) is 1. The van der Waals surface area contributed by atoms with Crippen LogP contribution in [0.5, 0.6) is 0 Å². The lowest BCUT2D eigenvalue weighted by molar-refractivity contribution is -0.0170. The van der Waals surface area contributed by atoms with Crippen LogP contribution in [-0.4, -0.2) is 0 Å². The molecular formula is C19H29N. The van der Waals surface area contributed by atoms with Gasteiger partial charge in [-0.3, -0.25) is 0 Å². The third kappa shape index (κ3) is 1.55. The quantitative estimate of drug-likeness (QED) is 0.638. The third-order valence-electron chi connectivity index (χ3n) is 7.55. The molecule has 0 aromatic carbocycles. The fourth-order valence-corrected chi connectivity index (χ4v) is 6.34. The topological polar surface area (TPSA) is 26.0 Å². The first-order chi connectivity index (χ1) is 9.55. The SMILES string of the molecule is C[C@@]12CCC[C@H]1[C@@H]1C(N)=CC3CCC=C[C@]3(C)[C@H]1CC2. The van der Waals surface area contributed by atoms with E-state index in [1.54, 1.807) is 0 Å². The van der Waals surface area contributed by atoms with Crippen molar-refractivity contribution in [2.75, 3.05) is 0 Å². The molecule has 6 atom stereocenters. The van der Waals surface area contributed by atoms with Crippen LogP contribution in [0.2, 0.25) is 0 Å². The maximum atomic E-state index is 6.61. The molecule has 2 N–H and O–H groups in total. The largest absolute Gasteiger partial charge is 0.402 e. The standard InChI is InChI=1S/C19H29N/c1-18-9-5-7-14(18)17-15(8-11-18)19(2)10-4-3-6-13(19)12-16(17)20/h4,10,12-15,17H,3,5-9,11,20H2,1-2H3/t13?,14-,15-,17-,18-,19-/m0/s1. The Morgan fingerprint density at radius 2 is 1.95 bits per heavy atom. The summed E-state index contributed by atoms with van der Waals surface area (Å²) in [4.78, 5) is 0. The van der Waals surface area contributed by atoms with Gasteiger partial charge in [-0.1, -0.05) is 38.5 Å². The van der Waals surface area contributed by atoms with E-state index in [0.717, 1.165) is 11.8 Å². The molecule has 110 valence electrons. The second kappa shape index (κ2) is 4.15. The summed E-state index contributed by atoms with van der Waals surface area (Å²) in [6.45, 7) is 5.06. The predicted molar refractivity (Wildman–Crippen MR) is 83.9 cm³/mol. The molecule has 4 aliphatic rings. The van der Waals surface area contributed by atoms with E-state index in [-0.39, 0.29) is 0 Å². The fraction of sp³-hybridized carbons (Fsp3) is 0.789. The molecule has 0 spiro atoms. The molecule has 0 aromatic rings. The van der Waals surface area contributed by atoms with Crippen LogP contribution in [0.1, 0.15) is 58.8 Å². The van der Waals surface area contributed by atoms with Crippen molar-refractivity contribution in [3.05, 3.63) is 23.9 Å². The molecule has 1 unspecified atom stereocenters. The molecule has 0 bridgehead atoms. The molecule has 0 heterocycles. The first kappa shape index (κ1) is 13.0. The molecule has 2 fully saturated rings. The van der Waals surface area contributed by atoms with Gasteiger partial charge >= 0.3 is 0 Å². The summed E-state index contributed by atoms with van der Waals surface area (Å²) >= 11 is 0. The van der Waals surface area contributed by atoms with Crippen molar-refractivity contribution in [1.82, 2.24) is 0 Å². The first-order valence-corrected chi connectivity index (χ1v) is 8.69. The van der Waals surface area contributed by atoms with Gasteiger partial charge in [-0.05, 0) is 67.1 Å². The summed E-state index contributed by atoms with van der Waals surface area (Å²) in [6, 6.07) is 0. The van der Waals surface area contributed by atoms with Gasteiger partial charge in [0.15, 0.2) is 0 Å². The van der Waals surface area contributed by atoms with Crippen molar-refractivity contribution >= 4 is 0 Å². The molecule has 1 heteroatoms. The number of hydrogen-bond acceptors (Lipinski definition) is 1. The van der Waals surface area contributed by atoms with Gasteiger partial charge < -0.3 is 5.73 Å². The summed E-state index contributed by atoms with van der Waals surface area (Å²) in [5.41, 5.74) is 8.83. The Hall–Kier alpha value is -0.720. The van der Waals surface area contributed by atoms with Crippen molar-refractivity contribution in [3.63, 3.8) is 0 Å². The minimum absolute atomic E-state index is 0.385. The van der Waals surface area contributed by atoms with Gasteiger partial charge in [0.1, 0.15) is 0 Å². The second-order valence-electron chi connectivity index (χ2n) is 8.44. The maximum Gasteiger partial charge on any atom is 0.00807 e. The zero-order valence-corrected chi connectivity index (χ0v) is 13.1. The van der Waals surface area contributed by atoms with Gasteiger partial charge in [-0.25, -0.2) is 0 Å². The summed E-state index contributed by atoms with van der Waals surface area (Å²) in [5, 5.41) is 0. The van der Waals surface area contributed by atoms with Crippen molar-refractivity contribution in [2.45, 2.75) is 58.8 Å². The minimum atomic E-state index is 0.385. The van der Waals surface area contributed by atoms with E-state index in [1.807, 2.05) is 0 Å². The number of allylic oxidation sites excluding steroid dienone is 4. The van der Waals surface area contributed by atoms with Crippen molar-refractivity contribution < 1.29 is 0 Å². The third-order valence-corrected chi connectivity index (χ3v) is 7.55. The highest BCUT2D eigenvalue weighted by molar-refractivity contribution is 5.26. The van der Waals surface area contributed by atoms with Gasteiger partial charge in [0.05, 0.1) is 0 Å². The molecule has 4 aliphatic carbocycles. The van der Waals surface area contributed by atoms with Gasteiger partial charge in [0.25, 0.3) is 0 Å². The van der Waals surface area contributed by atoms with Crippen molar-refractivity contribution in [3.8, 4) is 0 Å². The lowest BCUT2D eigenvalue weighted by Gasteiger charge is -2.57. The summed E-state index contributed by atoms with van der Waals surface area (Å²) in [7, 11) is 0. The van der Waals surface area contributed by atoms with Crippen molar-refractivity contribution in [2.24, 2.45) is 40.2 Å². The molecular weight excluding hydrogens is 242 g/mol. The lowest BCUT2D eigenvalue weighted by Crippen LogP contribution is -2.51. The van der Waals surface area contributed by atoms with Gasteiger partial charge in [0, 0.05) is 11.6 Å². The molecule has 0 radical (unpaired) electrons. The van der Waals surface area contributed by atoms with Crippen LogP contribution in [0, 0.1) is 34.5 Å². The van der Waals surface area contributed by atoms with Crippen molar-refractivity contribution in [1.29, 1.82) is 0 Å². The van der Waals surface area contributed by atoms with E-state index in [4.69, 9.17) is 5.73 Å². The molecule has 0 amide bonds. The summed E-state index contributed by atoms with van der Waals surface area (Å²) in [5.74, 6) is 3.01. The monoisotopic (exact) mass is 271 g/mol. The Balaban J connectivity index is 1.78. The lowest BCUT2D eigenvalue weighted by atomic mass is 9.48. The molecule has 4 rings (SSSR count). The Morgan fingerprint density at radius 3 is 2.80 bits per heavy atom. The highest BCUT2D eigenvalue weighted by Crippen LogP contribution is 2.64. The van der Waals surface area contributed by atoms with Crippen LogP contribution in [0.3, 0.4) is 0 Å². The van der Waals surface area contributed by atoms with E-state index in [0.29, 0.717) is 22.7 Å². The maximum absolute atomic E-state index is 6.61. The van der Waals surface area contributed by atoms with Crippen LogP contribution in [0.25, 0.3) is 0 Å². The normalized spacial score (nSPS) is 53.8. The predicted octanol–water partition coefficient (Wildman–Crippen LogP) is 4.65. The highest BCUT2D eigenvalue weighted by atomic mass is 14.7. The summed E-state index contributed by atoms with van der Waals surface area (Å²) < 4.78 is 0. The Labute approximate surface area is 123 Å². The fourth-order valence-electron chi connectivity index (χ4n) is 6.34. The zero-order chi connectivity index (χ0) is 14.0. The van der Waals surface area contributed by atoms with E-state index >= 15 is 0 Å². The number of hydrogen-bond donors (Lipinski definition) is 1. The van der Waals surface area contributed by atoms with Crippen LogP contribution in [-0.2, 0) is 0 Å². The van der Waals surface area contributed by atoms with E-state index < -0.39 is 0 Å². The minimum Gasteiger partial charge on any atom is -0.402 e. The number of fused-ring (bicyclic) bond motifs is 5. The number of rotatable bonds is 0. The van der Waals surface area contributed by atoms with Crippen LogP contribution >= 0.6 is 0 Å². The molecule has 1 nitrogen and oxygen atoms in total. The summed E-state index contributed by atoms with van der Waals surface area (Å²) in [6.07, 6.45) is 17.1. The van der Waals surface area contributed by atoms with Crippen LogP contribution < -0.4 is 5.73 Å². The van der Waals surface area contributed by atoms with Gasteiger partial charge in [0.2, 0.25) is 0 Å². The van der Waals surface area contributed by atoms with E-state index in [9.17, 15) is 0 Å². The highest BCUT2D eigenvalue weighted by Gasteiger charge is 2.56. The van der Waals surface area contributed by atoms with E-state index in [2.05, 4.69) is 32.1 Å². The molecule has 2 saturated carbocycles. The Kier molecular flexibility index (Phi) is 2.69. The average Bonchev–Trinajstić information content (AvgIpc) is 2.81. The molecule has 0 aliphatic heterocycles. The Bertz CT molecular complexity index is 476. The Morgan fingerprint density at radius 1 is 1.10 bits per heavy atom. The van der Waals surface area contributed by atoms with Gasteiger partial charge in [-0.2, -0.15) is 0 Å². The molecule has 20 heavy (non-hydrogen) atoms. The zero-order valence-electron chi connectivity index (χ0n) is 13.1. The second-order valence-corrected chi connectivity index (χ2v) is 8.44. The smallest absolute Gasteiger partial charge is 0.00807 e.